The molecule has 0 spiro atoms. The van der Waals surface area contributed by atoms with Crippen LogP contribution in [-0.4, -0.2) is 29.7 Å². The van der Waals surface area contributed by atoms with Crippen molar-refractivity contribution in [1.29, 1.82) is 0 Å². The maximum atomic E-state index is 12.2. The zero-order valence-corrected chi connectivity index (χ0v) is 13.6. The molecule has 1 aromatic rings. The van der Waals surface area contributed by atoms with Crippen molar-refractivity contribution in [3.05, 3.63) is 41.6 Å². The van der Waals surface area contributed by atoms with Gasteiger partial charge < -0.3 is 16.2 Å². The molecule has 0 saturated heterocycles. The Balaban J connectivity index is 1.99. The molecule has 3 rings (SSSR count). The molecule has 0 bridgehead atoms. The maximum absolute atomic E-state index is 12.2. The second-order valence-corrected chi connectivity index (χ2v) is 6.48. The number of carbonyl (C=O) groups is 2. The number of phenolic OH excluding ortho intramolecular Hbond substituents is 1. The lowest BCUT2D eigenvalue weighted by molar-refractivity contribution is -0.126. The SMILES string of the molecule is CNC(=O)C1=NC(Cc2cccc(O)c2)=CC(C(N)=O)(C2CC2)C1. The molecule has 2 amide bonds. The Morgan fingerprint density at radius 3 is 2.75 bits per heavy atom. The number of nitrogens with zero attached hydrogens (tertiary/aromatic N) is 1. The van der Waals surface area contributed by atoms with Crippen molar-refractivity contribution < 1.29 is 14.7 Å². The van der Waals surface area contributed by atoms with Gasteiger partial charge in [0.2, 0.25) is 5.91 Å². The molecule has 2 aliphatic rings. The summed E-state index contributed by atoms with van der Waals surface area (Å²) in [6, 6.07) is 6.86. The Hall–Kier alpha value is -2.63. The van der Waals surface area contributed by atoms with Gasteiger partial charge in [0.1, 0.15) is 11.5 Å². The molecular weight excluding hydrogens is 306 g/mol. The summed E-state index contributed by atoms with van der Waals surface area (Å²) < 4.78 is 0. The first kappa shape index (κ1) is 16.2. The van der Waals surface area contributed by atoms with E-state index in [-0.39, 0.29) is 24.0 Å². The predicted octanol–water partition coefficient (Wildman–Crippen LogP) is 1.29. The fraction of sp³-hybridized carbons (Fsp3) is 0.389. The van der Waals surface area contributed by atoms with Gasteiger partial charge in [-0.05, 0) is 42.5 Å². The second-order valence-electron chi connectivity index (χ2n) is 6.48. The minimum absolute atomic E-state index is 0.169. The molecule has 1 heterocycles. The smallest absolute Gasteiger partial charge is 0.265 e. The van der Waals surface area contributed by atoms with E-state index < -0.39 is 11.3 Å². The van der Waals surface area contributed by atoms with Crippen LogP contribution in [0.1, 0.15) is 24.8 Å². The monoisotopic (exact) mass is 327 g/mol. The molecule has 6 nitrogen and oxygen atoms in total. The first-order valence-corrected chi connectivity index (χ1v) is 8.04. The van der Waals surface area contributed by atoms with Crippen LogP contribution in [0.4, 0.5) is 0 Å². The van der Waals surface area contributed by atoms with Crippen LogP contribution in [0.3, 0.4) is 0 Å². The van der Waals surface area contributed by atoms with E-state index in [2.05, 4.69) is 10.3 Å². The number of rotatable bonds is 5. The van der Waals surface area contributed by atoms with Crippen LogP contribution in [0, 0.1) is 11.3 Å². The summed E-state index contributed by atoms with van der Waals surface area (Å²) in [4.78, 5) is 28.8. The highest BCUT2D eigenvalue weighted by Crippen LogP contribution is 2.51. The molecule has 1 fully saturated rings. The third-order valence-corrected chi connectivity index (χ3v) is 4.71. The molecule has 1 aliphatic carbocycles. The number of nitrogens with two attached hydrogens (primary N) is 1. The molecule has 126 valence electrons. The van der Waals surface area contributed by atoms with E-state index in [1.165, 1.54) is 0 Å². The summed E-state index contributed by atoms with van der Waals surface area (Å²) in [6.07, 6.45) is 4.37. The van der Waals surface area contributed by atoms with Crippen molar-refractivity contribution in [3.63, 3.8) is 0 Å². The highest BCUT2D eigenvalue weighted by molar-refractivity contribution is 6.39. The number of aliphatic imine (C=N–C) groups is 1. The first-order chi connectivity index (χ1) is 11.4. The van der Waals surface area contributed by atoms with Crippen LogP contribution >= 0.6 is 0 Å². The standard InChI is InChI=1S/C18H21N3O3/c1-20-16(23)15-10-18(17(19)24,12-5-6-12)9-13(21-15)7-11-3-2-4-14(22)8-11/h2-4,8-9,12,22H,5-7,10H2,1H3,(H2,19,24)(H,20,23). The summed E-state index contributed by atoms with van der Waals surface area (Å²) in [5, 5.41) is 12.2. The van der Waals surface area contributed by atoms with Crippen LogP contribution in [-0.2, 0) is 16.0 Å². The van der Waals surface area contributed by atoms with Gasteiger partial charge in [0.25, 0.3) is 5.91 Å². The quantitative estimate of drug-likeness (QED) is 0.759. The van der Waals surface area contributed by atoms with Crippen LogP contribution < -0.4 is 11.1 Å². The van der Waals surface area contributed by atoms with Gasteiger partial charge in [-0.25, -0.2) is 0 Å². The van der Waals surface area contributed by atoms with Crippen molar-refractivity contribution in [3.8, 4) is 5.75 Å². The van der Waals surface area contributed by atoms with Crippen molar-refractivity contribution in [2.75, 3.05) is 7.05 Å². The molecule has 1 saturated carbocycles. The molecule has 6 heteroatoms. The minimum atomic E-state index is -0.838. The average molecular weight is 327 g/mol. The molecule has 4 N–H and O–H groups in total. The fourth-order valence-corrected chi connectivity index (χ4v) is 3.33. The normalized spacial score (nSPS) is 23.2. The van der Waals surface area contributed by atoms with E-state index >= 15 is 0 Å². The number of amides is 2. The van der Waals surface area contributed by atoms with Gasteiger partial charge in [0.15, 0.2) is 0 Å². The summed E-state index contributed by atoms with van der Waals surface area (Å²) in [7, 11) is 1.54. The number of nitrogens with one attached hydrogen (secondary N) is 1. The number of phenols is 1. The van der Waals surface area contributed by atoms with E-state index in [1.54, 1.807) is 25.2 Å². The number of carbonyl (C=O) groups excluding carboxylic acids is 2. The number of hydrogen-bond donors (Lipinski definition) is 3. The lowest BCUT2D eigenvalue weighted by atomic mass is 9.74. The molecule has 1 aromatic carbocycles. The average Bonchev–Trinajstić information content (AvgIpc) is 3.38. The zero-order valence-electron chi connectivity index (χ0n) is 13.6. The zero-order chi connectivity index (χ0) is 17.3. The number of hydrogen-bond acceptors (Lipinski definition) is 4. The van der Waals surface area contributed by atoms with Gasteiger partial charge >= 0.3 is 0 Å². The van der Waals surface area contributed by atoms with E-state index in [0.29, 0.717) is 17.8 Å². The highest BCUT2D eigenvalue weighted by atomic mass is 16.3. The summed E-state index contributed by atoms with van der Waals surface area (Å²) >= 11 is 0. The number of allylic oxidation sites excluding steroid dienone is 1. The van der Waals surface area contributed by atoms with E-state index in [0.717, 1.165) is 18.4 Å². The van der Waals surface area contributed by atoms with Gasteiger partial charge in [-0.2, -0.15) is 0 Å². The third-order valence-electron chi connectivity index (χ3n) is 4.71. The predicted molar refractivity (Wildman–Crippen MR) is 90.4 cm³/mol. The van der Waals surface area contributed by atoms with Gasteiger partial charge in [0.05, 0.1) is 5.41 Å². The molecule has 0 radical (unpaired) electrons. The second kappa shape index (κ2) is 6.11. The van der Waals surface area contributed by atoms with Crippen LogP contribution in [0.15, 0.2) is 41.0 Å². The maximum Gasteiger partial charge on any atom is 0.265 e. The van der Waals surface area contributed by atoms with Crippen LogP contribution in [0.5, 0.6) is 5.75 Å². The number of primary amides is 1. The molecular formula is C18H21N3O3. The first-order valence-electron chi connectivity index (χ1n) is 8.04. The Labute approximate surface area is 140 Å². The van der Waals surface area contributed by atoms with Crippen molar-refractivity contribution in [2.45, 2.75) is 25.7 Å². The Bertz CT molecular complexity index is 750. The van der Waals surface area contributed by atoms with Gasteiger partial charge in [-0.3, -0.25) is 14.6 Å². The number of benzene rings is 1. The van der Waals surface area contributed by atoms with Crippen LogP contribution in [0.2, 0.25) is 0 Å². The lowest BCUT2D eigenvalue weighted by Gasteiger charge is -2.31. The largest absolute Gasteiger partial charge is 0.508 e. The molecule has 1 atom stereocenters. The summed E-state index contributed by atoms with van der Waals surface area (Å²) in [5.74, 6) is -0.357. The van der Waals surface area contributed by atoms with Gasteiger partial charge in [0, 0.05) is 25.6 Å². The Morgan fingerprint density at radius 2 is 2.17 bits per heavy atom. The van der Waals surface area contributed by atoms with E-state index in [1.807, 2.05) is 12.1 Å². The van der Waals surface area contributed by atoms with E-state index in [9.17, 15) is 14.7 Å². The van der Waals surface area contributed by atoms with E-state index in [4.69, 9.17) is 5.73 Å². The minimum Gasteiger partial charge on any atom is -0.508 e. The molecule has 24 heavy (non-hydrogen) atoms. The fourth-order valence-electron chi connectivity index (χ4n) is 3.33. The Morgan fingerprint density at radius 1 is 1.42 bits per heavy atom. The molecule has 1 aliphatic heterocycles. The lowest BCUT2D eigenvalue weighted by Crippen LogP contribution is -2.44. The highest BCUT2D eigenvalue weighted by Gasteiger charge is 2.51. The van der Waals surface area contributed by atoms with Gasteiger partial charge in [-0.1, -0.05) is 12.1 Å². The molecule has 1 unspecified atom stereocenters. The van der Waals surface area contributed by atoms with Crippen molar-refractivity contribution >= 4 is 17.5 Å². The van der Waals surface area contributed by atoms with Gasteiger partial charge in [-0.15, -0.1) is 0 Å². The Kier molecular flexibility index (Phi) is 4.13. The molecule has 0 aromatic heterocycles. The van der Waals surface area contributed by atoms with Crippen molar-refractivity contribution in [2.24, 2.45) is 22.1 Å². The third kappa shape index (κ3) is 3.04. The van der Waals surface area contributed by atoms with Crippen molar-refractivity contribution in [1.82, 2.24) is 5.32 Å². The summed E-state index contributed by atoms with van der Waals surface area (Å²) in [5.41, 5.74) is 6.71. The number of aromatic hydroxyl groups is 1. The topological polar surface area (TPSA) is 105 Å². The summed E-state index contributed by atoms with van der Waals surface area (Å²) in [6.45, 7) is 0. The van der Waals surface area contributed by atoms with Crippen LogP contribution in [0.25, 0.3) is 0 Å².